The Morgan fingerprint density at radius 3 is 2.63 bits per heavy atom. The van der Waals surface area contributed by atoms with Crippen molar-refractivity contribution in [3.63, 3.8) is 0 Å². The normalized spacial score (nSPS) is 18.8. The SMILES string of the molecule is CC(C)OC(=O)C1=CN(C(=O)N2CCCCC2)CC(C)(C)c2c1[nH]c1ncccc21. The first-order valence-electron chi connectivity index (χ1n) is 10.7. The Labute approximate surface area is 177 Å². The molecule has 0 saturated carbocycles. The molecule has 0 aliphatic carbocycles. The van der Waals surface area contributed by atoms with Crippen LogP contribution in [0.2, 0.25) is 0 Å². The van der Waals surface area contributed by atoms with E-state index in [1.807, 2.05) is 30.9 Å². The first-order valence-corrected chi connectivity index (χ1v) is 10.7. The van der Waals surface area contributed by atoms with E-state index in [1.165, 1.54) is 0 Å². The number of carbonyl (C=O) groups is 2. The first kappa shape index (κ1) is 20.4. The van der Waals surface area contributed by atoms with E-state index in [0.717, 1.165) is 48.9 Å². The average Bonchev–Trinajstić information content (AvgIpc) is 3.05. The second-order valence-corrected chi connectivity index (χ2v) is 9.11. The smallest absolute Gasteiger partial charge is 0.342 e. The molecule has 1 fully saturated rings. The van der Waals surface area contributed by atoms with Crippen molar-refractivity contribution in [2.24, 2.45) is 0 Å². The summed E-state index contributed by atoms with van der Waals surface area (Å²) < 4.78 is 5.54. The van der Waals surface area contributed by atoms with Gasteiger partial charge in [-0.2, -0.15) is 0 Å². The molecular formula is C23H30N4O3. The van der Waals surface area contributed by atoms with Gasteiger partial charge in [0.1, 0.15) is 5.65 Å². The molecule has 2 aromatic heterocycles. The maximum Gasteiger partial charge on any atom is 0.342 e. The maximum atomic E-state index is 13.4. The highest BCUT2D eigenvalue weighted by molar-refractivity contribution is 6.18. The molecule has 7 nitrogen and oxygen atoms in total. The summed E-state index contributed by atoms with van der Waals surface area (Å²) in [4.78, 5) is 37.8. The minimum Gasteiger partial charge on any atom is -0.459 e. The lowest BCUT2D eigenvalue weighted by atomic mass is 9.82. The quantitative estimate of drug-likeness (QED) is 0.758. The number of pyridine rings is 1. The molecule has 2 aromatic rings. The lowest BCUT2D eigenvalue weighted by Crippen LogP contribution is -2.46. The molecule has 0 spiro atoms. The zero-order valence-electron chi connectivity index (χ0n) is 18.2. The van der Waals surface area contributed by atoms with Crippen molar-refractivity contribution >= 4 is 28.6 Å². The monoisotopic (exact) mass is 410 g/mol. The zero-order valence-corrected chi connectivity index (χ0v) is 18.2. The molecule has 2 aliphatic heterocycles. The highest BCUT2D eigenvalue weighted by atomic mass is 16.5. The van der Waals surface area contributed by atoms with Crippen LogP contribution in [0.4, 0.5) is 4.79 Å². The molecule has 7 heteroatoms. The summed E-state index contributed by atoms with van der Waals surface area (Å²) >= 11 is 0. The van der Waals surface area contributed by atoms with Crippen molar-refractivity contribution in [3.8, 4) is 0 Å². The van der Waals surface area contributed by atoms with Gasteiger partial charge >= 0.3 is 12.0 Å². The fraction of sp³-hybridized carbons (Fsp3) is 0.522. The number of H-pyrrole nitrogens is 1. The van der Waals surface area contributed by atoms with Crippen molar-refractivity contribution in [2.75, 3.05) is 19.6 Å². The molecule has 4 rings (SSSR count). The summed E-state index contributed by atoms with van der Waals surface area (Å²) in [5.74, 6) is -0.438. The highest BCUT2D eigenvalue weighted by Gasteiger charge is 2.38. The Morgan fingerprint density at radius 1 is 1.20 bits per heavy atom. The number of hydrogen-bond acceptors (Lipinski definition) is 4. The van der Waals surface area contributed by atoms with Gasteiger partial charge in [-0.15, -0.1) is 0 Å². The summed E-state index contributed by atoms with van der Waals surface area (Å²) in [6, 6.07) is 3.85. The number of piperidine rings is 1. The van der Waals surface area contributed by atoms with Crippen LogP contribution in [0, 0.1) is 0 Å². The standard InChI is InChI=1S/C23H30N4O3/c1-15(2)30-21(28)17-13-27(22(29)26-11-6-5-7-12-26)14-23(3,4)18-16-9-8-10-24-20(16)25-19(17)18/h8-10,13,15H,5-7,11-12,14H2,1-4H3,(H,24,25). The second kappa shape index (κ2) is 7.78. The van der Waals surface area contributed by atoms with Crippen molar-refractivity contribution in [2.45, 2.75) is 58.5 Å². The average molecular weight is 411 g/mol. The van der Waals surface area contributed by atoms with Crippen LogP contribution in [-0.4, -0.2) is 57.5 Å². The van der Waals surface area contributed by atoms with Crippen LogP contribution in [-0.2, 0) is 14.9 Å². The van der Waals surface area contributed by atoms with Crippen LogP contribution in [0.15, 0.2) is 24.5 Å². The van der Waals surface area contributed by atoms with Crippen molar-refractivity contribution in [1.29, 1.82) is 0 Å². The molecule has 0 unspecified atom stereocenters. The third-order valence-corrected chi connectivity index (χ3v) is 5.80. The minimum absolute atomic E-state index is 0.0507. The van der Waals surface area contributed by atoms with E-state index in [1.54, 1.807) is 17.3 Å². The van der Waals surface area contributed by atoms with Crippen molar-refractivity contribution < 1.29 is 14.3 Å². The van der Waals surface area contributed by atoms with Gasteiger partial charge in [0.2, 0.25) is 0 Å². The number of esters is 1. The Kier molecular flexibility index (Phi) is 5.30. The van der Waals surface area contributed by atoms with E-state index in [4.69, 9.17) is 4.74 Å². The van der Waals surface area contributed by atoms with Gasteiger partial charge < -0.3 is 14.6 Å². The topological polar surface area (TPSA) is 78.5 Å². The Bertz CT molecular complexity index is 999. The fourth-order valence-corrected chi connectivity index (χ4v) is 4.52. The zero-order chi connectivity index (χ0) is 21.5. The van der Waals surface area contributed by atoms with E-state index in [-0.39, 0.29) is 12.1 Å². The summed E-state index contributed by atoms with van der Waals surface area (Å²) in [6.45, 7) is 9.84. The number of aromatic amines is 1. The number of nitrogens with zero attached hydrogens (tertiary/aromatic N) is 3. The van der Waals surface area contributed by atoms with Gasteiger partial charge in [-0.05, 0) is 50.8 Å². The molecule has 2 aliphatic rings. The van der Waals surface area contributed by atoms with Crippen LogP contribution >= 0.6 is 0 Å². The number of aromatic nitrogens is 2. The summed E-state index contributed by atoms with van der Waals surface area (Å²) in [5, 5.41) is 0.966. The molecule has 0 bridgehead atoms. The minimum atomic E-state index is -0.438. The van der Waals surface area contributed by atoms with Crippen LogP contribution < -0.4 is 0 Å². The fourth-order valence-electron chi connectivity index (χ4n) is 4.52. The summed E-state index contributed by atoms with van der Waals surface area (Å²) in [5.41, 5.74) is 2.39. The predicted molar refractivity (Wildman–Crippen MR) is 116 cm³/mol. The van der Waals surface area contributed by atoms with E-state index in [2.05, 4.69) is 23.8 Å². The van der Waals surface area contributed by atoms with Gasteiger partial charge in [0.05, 0.1) is 17.4 Å². The molecule has 0 radical (unpaired) electrons. The second-order valence-electron chi connectivity index (χ2n) is 9.11. The van der Waals surface area contributed by atoms with Crippen LogP contribution in [0.1, 0.15) is 58.2 Å². The number of carbonyl (C=O) groups excluding carboxylic acids is 2. The van der Waals surface area contributed by atoms with Crippen molar-refractivity contribution in [3.05, 3.63) is 35.8 Å². The van der Waals surface area contributed by atoms with E-state index < -0.39 is 11.4 Å². The number of fused-ring (bicyclic) bond motifs is 3. The van der Waals surface area contributed by atoms with Crippen LogP contribution in [0.5, 0.6) is 0 Å². The molecule has 0 aromatic carbocycles. The van der Waals surface area contributed by atoms with Crippen molar-refractivity contribution in [1.82, 2.24) is 19.8 Å². The Morgan fingerprint density at radius 2 is 1.93 bits per heavy atom. The van der Waals surface area contributed by atoms with Crippen LogP contribution in [0.3, 0.4) is 0 Å². The van der Waals surface area contributed by atoms with Gasteiger partial charge in [-0.1, -0.05) is 13.8 Å². The molecule has 4 heterocycles. The van der Waals surface area contributed by atoms with Gasteiger partial charge in [0.15, 0.2) is 0 Å². The lowest BCUT2D eigenvalue weighted by Gasteiger charge is -2.35. The summed E-state index contributed by atoms with van der Waals surface area (Å²) in [6.07, 6.45) is 6.33. The van der Waals surface area contributed by atoms with E-state index >= 15 is 0 Å². The largest absolute Gasteiger partial charge is 0.459 e. The molecule has 160 valence electrons. The number of ether oxygens (including phenoxy) is 1. The predicted octanol–water partition coefficient (Wildman–Crippen LogP) is 4.05. The van der Waals surface area contributed by atoms with E-state index in [9.17, 15) is 9.59 Å². The number of rotatable bonds is 2. The van der Waals surface area contributed by atoms with Gasteiger partial charge in [0, 0.05) is 42.8 Å². The number of urea groups is 1. The van der Waals surface area contributed by atoms with E-state index in [0.29, 0.717) is 17.8 Å². The number of likely N-dealkylation sites (tertiary alicyclic amines) is 1. The van der Waals surface area contributed by atoms with Crippen LogP contribution in [0.25, 0.3) is 16.6 Å². The third kappa shape index (κ3) is 3.68. The maximum absolute atomic E-state index is 13.4. The molecule has 2 amide bonds. The summed E-state index contributed by atoms with van der Waals surface area (Å²) in [7, 11) is 0. The lowest BCUT2D eigenvalue weighted by molar-refractivity contribution is -0.140. The number of nitrogens with one attached hydrogen (secondary N) is 1. The Hall–Kier alpha value is -2.83. The molecule has 30 heavy (non-hydrogen) atoms. The Balaban J connectivity index is 1.84. The third-order valence-electron chi connectivity index (χ3n) is 5.80. The molecular weight excluding hydrogens is 380 g/mol. The van der Waals surface area contributed by atoms with Gasteiger partial charge in [-0.25, -0.2) is 14.6 Å². The molecule has 1 N–H and O–H groups in total. The first-order chi connectivity index (χ1) is 14.3. The number of hydrogen-bond donors (Lipinski definition) is 1. The van der Waals surface area contributed by atoms with Gasteiger partial charge in [-0.3, -0.25) is 4.90 Å². The molecule has 0 atom stereocenters. The molecule has 1 saturated heterocycles. The highest BCUT2D eigenvalue weighted by Crippen LogP contribution is 2.40. The number of amides is 2. The van der Waals surface area contributed by atoms with Gasteiger partial charge in [0.25, 0.3) is 0 Å².